The van der Waals surface area contributed by atoms with Gasteiger partial charge in [0.25, 0.3) is 5.56 Å². The van der Waals surface area contributed by atoms with Crippen LogP contribution in [0.25, 0.3) is 11.2 Å². The molecule has 0 aliphatic heterocycles. The van der Waals surface area contributed by atoms with Crippen molar-refractivity contribution in [2.24, 2.45) is 14.1 Å². The number of hydrogen-bond acceptors (Lipinski definition) is 4. The largest absolute Gasteiger partial charge is 0.393 e. The zero-order chi connectivity index (χ0) is 15.7. The van der Waals surface area contributed by atoms with Gasteiger partial charge in [-0.25, -0.2) is 9.59 Å². The number of aromatic nitrogens is 4. The standard InChI is InChI=1S/C13H20N4O4/c1-8(18)6-4-5-7-17-11(19)9-10(16(3)13(17)21)14-12(20)15(9)2/h8,18H,4-7H2,1-3H3,(H,14,20). The molecule has 8 heteroatoms. The third-order valence-corrected chi connectivity index (χ3v) is 3.64. The molecule has 0 saturated carbocycles. The zero-order valence-electron chi connectivity index (χ0n) is 12.4. The second kappa shape index (κ2) is 5.72. The summed E-state index contributed by atoms with van der Waals surface area (Å²) in [6.07, 6.45) is 1.57. The molecule has 1 unspecified atom stereocenters. The Morgan fingerprint density at radius 1 is 1.14 bits per heavy atom. The molecular formula is C13H20N4O4. The van der Waals surface area contributed by atoms with Crippen molar-refractivity contribution in [2.45, 2.75) is 38.8 Å². The van der Waals surface area contributed by atoms with Crippen LogP contribution in [0, 0.1) is 0 Å². The molecule has 0 amide bonds. The van der Waals surface area contributed by atoms with Gasteiger partial charge in [0.15, 0.2) is 5.52 Å². The van der Waals surface area contributed by atoms with Gasteiger partial charge < -0.3 is 5.11 Å². The summed E-state index contributed by atoms with van der Waals surface area (Å²) < 4.78 is 3.62. The van der Waals surface area contributed by atoms with Crippen LogP contribution < -0.4 is 16.9 Å². The van der Waals surface area contributed by atoms with E-state index in [4.69, 9.17) is 0 Å². The molecule has 21 heavy (non-hydrogen) atoms. The topological polar surface area (TPSA) is 102 Å². The van der Waals surface area contributed by atoms with Gasteiger partial charge in [-0.1, -0.05) is 0 Å². The van der Waals surface area contributed by atoms with Gasteiger partial charge in [-0.2, -0.15) is 0 Å². The predicted octanol–water partition coefficient (Wildman–Crippen LogP) is -0.722. The van der Waals surface area contributed by atoms with Crippen LogP contribution in [0.2, 0.25) is 0 Å². The number of H-pyrrole nitrogens is 1. The van der Waals surface area contributed by atoms with E-state index < -0.39 is 23.0 Å². The van der Waals surface area contributed by atoms with Gasteiger partial charge in [-0.3, -0.25) is 23.5 Å². The Morgan fingerprint density at radius 3 is 2.43 bits per heavy atom. The first-order chi connectivity index (χ1) is 9.84. The number of aryl methyl sites for hydroxylation is 2. The van der Waals surface area contributed by atoms with Gasteiger partial charge >= 0.3 is 11.4 Å². The number of nitrogens with one attached hydrogen (secondary N) is 1. The molecule has 116 valence electrons. The number of aliphatic hydroxyl groups is 1. The molecule has 0 aromatic carbocycles. The van der Waals surface area contributed by atoms with Crippen LogP contribution in [-0.2, 0) is 20.6 Å². The molecule has 0 saturated heterocycles. The van der Waals surface area contributed by atoms with Crippen molar-refractivity contribution >= 4 is 11.2 Å². The Bertz CT molecular complexity index is 822. The highest BCUT2D eigenvalue weighted by atomic mass is 16.3. The summed E-state index contributed by atoms with van der Waals surface area (Å²) in [5.41, 5.74) is -0.920. The minimum absolute atomic E-state index is 0.192. The Kier molecular flexibility index (Phi) is 4.17. The minimum atomic E-state index is -0.467. The molecule has 2 aromatic heterocycles. The SMILES string of the molecule is CC(O)CCCCn1c(=O)c2c([nH]c(=O)n2C)n(C)c1=O. The molecule has 0 bridgehead atoms. The van der Waals surface area contributed by atoms with E-state index in [9.17, 15) is 19.5 Å². The van der Waals surface area contributed by atoms with Crippen LogP contribution in [0.4, 0.5) is 0 Å². The van der Waals surface area contributed by atoms with Crippen LogP contribution in [0.5, 0.6) is 0 Å². The maximum atomic E-state index is 12.4. The van der Waals surface area contributed by atoms with E-state index in [1.54, 1.807) is 6.92 Å². The van der Waals surface area contributed by atoms with Crippen LogP contribution in [0.1, 0.15) is 26.2 Å². The first-order valence-corrected chi connectivity index (χ1v) is 6.91. The zero-order valence-corrected chi connectivity index (χ0v) is 12.4. The molecule has 0 aliphatic rings. The monoisotopic (exact) mass is 296 g/mol. The molecule has 2 rings (SSSR count). The number of fused-ring (bicyclic) bond motifs is 1. The van der Waals surface area contributed by atoms with Gasteiger partial charge in [0.2, 0.25) is 0 Å². The van der Waals surface area contributed by atoms with E-state index in [0.717, 1.165) is 11.0 Å². The first kappa shape index (κ1) is 15.3. The summed E-state index contributed by atoms with van der Waals surface area (Å²) in [5, 5.41) is 9.21. The van der Waals surface area contributed by atoms with E-state index in [-0.39, 0.29) is 17.7 Å². The maximum absolute atomic E-state index is 12.4. The molecule has 0 aliphatic carbocycles. The number of aromatic amines is 1. The molecule has 0 spiro atoms. The van der Waals surface area contributed by atoms with Crippen LogP contribution in [0.15, 0.2) is 14.4 Å². The lowest BCUT2D eigenvalue weighted by Gasteiger charge is -2.09. The number of aliphatic hydroxyl groups excluding tert-OH is 1. The summed E-state index contributed by atoms with van der Waals surface area (Å²) in [7, 11) is 3.01. The van der Waals surface area contributed by atoms with E-state index in [2.05, 4.69) is 4.98 Å². The summed E-state index contributed by atoms with van der Waals surface area (Å²) in [6, 6.07) is 0. The average Bonchev–Trinajstić information content (AvgIpc) is 2.71. The van der Waals surface area contributed by atoms with Crippen molar-refractivity contribution in [1.82, 2.24) is 18.7 Å². The molecule has 8 nitrogen and oxygen atoms in total. The molecular weight excluding hydrogens is 276 g/mol. The van der Waals surface area contributed by atoms with Crippen LogP contribution >= 0.6 is 0 Å². The summed E-state index contributed by atoms with van der Waals surface area (Å²) in [6.45, 7) is 1.97. The van der Waals surface area contributed by atoms with E-state index in [0.29, 0.717) is 12.8 Å². The number of rotatable bonds is 5. The highest BCUT2D eigenvalue weighted by Gasteiger charge is 2.15. The van der Waals surface area contributed by atoms with Gasteiger partial charge in [0, 0.05) is 20.6 Å². The fourth-order valence-electron chi connectivity index (χ4n) is 2.39. The second-order valence-corrected chi connectivity index (χ2v) is 5.33. The average molecular weight is 296 g/mol. The van der Waals surface area contributed by atoms with Crippen molar-refractivity contribution in [3.8, 4) is 0 Å². The van der Waals surface area contributed by atoms with Crippen LogP contribution in [0.3, 0.4) is 0 Å². The minimum Gasteiger partial charge on any atom is -0.393 e. The van der Waals surface area contributed by atoms with Gasteiger partial charge in [0.05, 0.1) is 6.10 Å². The number of nitrogens with zero attached hydrogens (tertiary/aromatic N) is 3. The fraction of sp³-hybridized carbons (Fsp3) is 0.615. The van der Waals surface area contributed by atoms with Crippen molar-refractivity contribution in [3.05, 3.63) is 31.3 Å². The van der Waals surface area contributed by atoms with E-state index in [1.807, 2.05) is 0 Å². The van der Waals surface area contributed by atoms with Crippen LogP contribution in [-0.4, -0.2) is 29.9 Å². The molecule has 1 atom stereocenters. The van der Waals surface area contributed by atoms with E-state index >= 15 is 0 Å². The van der Waals surface area contributed by atoms with Crippen molar-refractivity contribution in [3.63, 3.8) is 0 Å². The molecule has 2 heterocycles. The van der Waals surface area contributed by atoms with Crippen molar-refractivity contribution in [2.75, 3.05) is 0 Å². The van der Waals surface area contributed by atoms with Gasteiger partial charge in [0.1, 0.15) is 5.65 Å². The third-order valence-electron chi connectivity index (χ3n) is 3.64. The van der Waals surface area contributed by atoms with Gasteiger partial charge in [-0.15, -0.1) is 0 Å². The van der Waals surface area contributed by atoms with Crippen molar-refractivity contribution < 1.29 is 5.11 Å². The fourth-order valence-corrected chi connectivity index (χ4v) is 2.39. The highest BCUT2D eigenvalue weighted by molar-refractivity contribution is 5.69. The predicted molar refractivity (Wildman–Crippen MR) is 78.6 cm³/mol. The molecule has 2 aromatic rings. The molecule has 2 N–H and O–H groups in total. The quantitative estimate of drug-likeness (QED) is 0.711. The summed E-state index contributed by atoms with van der Waals surface area (Å²) in [5.74, 6) is 0. The first-order valence-electron chi connectivity index (χ1n) is 6.91. The number of imidazole rings is 1. The normalized spacial score (nSPS) is 13.0. The lowest BCUT2D eigenvalue weighted by Crippen LogP contribution is -2.39. The smallest absolute Gasteiger partial charge is 0.332 e. The lowest BCUT2D eigenvalue weighted by molar-refractivity contribution is 0.180. The lowest BCUT2D eigenvalue weighted by atomic mass is 10.2. The Balaban J connectivity index is 2.45. The number of unbranched alkanes of at least 4 members (excludes halogenated alkanes) is 1. The Hall–Kier alpha value is -2.09. The second-order valence-electron chi connectivity index (χ2n) is 5.33. The molecule has 0 fully saturated rings. The maximum Gasteiger partial charge on any atom is 0.332 e. The highest BCUT2D eigenvalue weighted by Crippen LogP contribution is 2.03. The van der Waals surface area contributed by atoms with E-state index in [1.165, 1.54) is 23.2 Å². The Labute approximate surface area is 120 Å². The third kappa shape index (κ3) is 2.71. The number of hydrogen-bond donors (Lipinski definition) is 2. The Morgan fingerprint density at radius 2 is 1.81 bits per heavy atom. The molecule has 0 radical (unpaired) electrons. The summed E-state index contributed by atoms with van der Waals surface area (Å²) >= 11 is 0. The summed E-state index contributed by atoms with van der Waals surface area (Å²) in [4.78, 5) is 38.7. The van der Waals surface area contributed by atoms with Gasteiger partial charge in [-0.05, 0) is 26.2 Å². The van der Waals surface area contributed by atoms with Crippen molar-refractivity contribution in [1.29, 1.82) is 0 Å².